The second-order valence-corrected chi connectivity index (χ2v) is 5.92. The van der Waals surface area contributed by atoms with Crippen LogP contribution in [0.2, 0.25) is 0 Å². The van der Waals surface area contributed by atoms with Crippen LogP contribution in [0.1, 0.15) is 12.5 Å². The van der Waals surface area contributed by atoms with Crippen LogP contribution in [-0.4, -0.2) is 29.7 Å². The predicted octanol–water partition coefficient (Wildman–Crippen LogP) is 0.725. The monoisotopic (exact) mass is 295 g/mol. The minimum Gasteiger partial charge on any atom is -0.313 e. The summed E-state index contributed by atoms with van der Waals surface area (Å²) in [5.74, 6) is 0. The summed E-state index contributed by atoms with van der Waals surface area (Å²) in [5.41, 5.74) is 1.35. The van der Waals surface area contributed by atoms with Crippen molar-refractivity contribution < 1.29 is 8.42 Å². The fourth-order valence-corrected chi connectivity index (χ4v) is 2.58. The number of pyridine rings is 1. The van der Waals surface area contributed by atoms with Crippen molar-refractivity contribution in [2.75, 3.05) is 11.3 Å². The van der Waals surface area contributed by atoms with Gasteiger partial charge in [0.25, 0.3) is 10.0 Å². The summed E-state index contributed by atoms with van der Waals surface area (Å²) in [5, 5.41) is 7.04. The minimum absolute atomic E-state index is 0.0124. The number of anilines is 1. The SMILES string of the molecule is CCNCc1ccc(S(=O)(=O)Nc2cnn(C)c2)nc1. The maximum absolute atomic E-state index is 12.1. The van der Waals surface area contributed by atoms with E-state index in [-0.39, 0.29) is 5.03 Å². The molecule has 0 atom stereocenters. The van der Waals surface area contributed by atoms with Crippen LogP contribution in [0.3, 0.4) is 0 Å². The Kier molecular flexibility index (Phi) is 4.35. The van der Waals surface area contributed by atoms with Crippen LogP contribution in [0.5, 0.6) is 0 Å². The maximum atomic E-state index is 12.1. The fraction of sp³-hybridized carbons (Fsp3) is 0.333. The predicted molar refractivity (Wildman–Crippen MR) is 75.6 cm³/mol. The first-order valence-corrected chi connectivity index (χ1v) is 7.66. The van der Waals surface area contributed by atoms with E-state index in [4.69, 9.17) is 0 Å². The van der Waals surface area contributed by atoms with Gasteiger partial charge in [0.2, 0.25) is 0 Å². The van der Waals surface area contributed by atoms with E-state index in [0.717, 1.165) is 12.1 Å². The average molecular weight is 295 g/mol. The Hall–Kier alpha value is -1.93. The van der Waals surface area contributed by atoms with Gasteiger partial charge in [-0.2, -0.15) is 13.5 Å². The molecule has 2 N–H and O–H groups in total. The summed E-state index contributed by atoms with van der Waals surface area (Å²) in [6, 6.07) is 3.23. The molecule has 0 unspecified atom stereocenters. The van der Waals surface area contributed by atoms with E-state index in [9.17, 15) is 8.42 Å². The zero-order valence-electron chi connectivity index (χ0n) is 11.4. The number of rotatable bonds is 6. The van der Waals surface area contributed by atoms with E-state index >= 15 is 0 Å². The van der Waals surface area contributed by atoms with Gasteiger partial charge in [-0.25, -0.2) is 4.98 Å². The van der Waals surface area contributed by atoms with Crippen LogP contribution < -0.4 is 10.0 Å². The first-order chi connectivity index (χ1) is 9.51. The number of hydrogen-bond donors (Lipinski definition) is 2. The van der Waals surface area contributed by atoms with Gasteiger partial charge >= 0.3 is 0 Å². The second-order valence-electron chi connectivity index (χ2n) is 4.29. The Morgan fingerprint density at radius 1 is 1.30 bits per heavy atom. The molecule has 2 aromatic rings. The fourth-order valence-electron chi connectivity index (χ4n) is 1.63. The lowest BCUT2D eigenvalue weighted by molar-refractivity contribution is 0.597. The van der Waals surface area contributed by atoms with Crippen LogP contribution in [0, 0.1) is 0 Å². The van der Waals surface area contributed by atoms with Gasteiger partial charge < -0.3 is 5.32 Å². The molecule has 108 valence electrons. The summed E-state index contributed by atoms with van der Waals surface area (Å²) in [7, 11) is -1.96. The summed E-state index contributed by atoms with van der Waals surface area (Å²) in [4.78, 5) is 3.99. The van der Waals surface area contributed by atoms with Crippen molar-refractivity contribution in [3.8, 4) is 0 Å². The van der Waals surface area contributed by atoms with Gasteiger partial charge in [-0.1, -0.05) is 13.0 Å². The zero-order valence-corrected chi connectivity index (χ0v) is 12.2. The van der Waals surface area contributed by atoms with Gasteiger partial charge in [0, 0.05) is 26.0 Å². The molecule has 8 heteroatoms. The van der Waals surface area contributed by atoms with E-state index < -0.39 is 10.0 Å². The largest absolute Gasteiger partial charge is 0.313 e. The Morgan fingerprint density at radius 3 is 2.65 bits per heavy atom. The topological polar surface area (TPSA) is 88.9 Å². The van der Waals surface area contributed by atoms with Crippen molar-refractivity contribution >= 4 is 15.7 Å². The quantitative estimate of drug-likeness (QED) is 0.820. The third kappa shape index (κ3) is 3.55. The minimum atomic E-state index is -3.67. The van der Waals surface area contributed by atoms with Crippen molar-refractivity contribution in [3.63, 3.8) is 0 Å². The number of aromatic nitrogens is 3. The molecule has 0 amide bonds. The molecule has 2 heterocycles. The molecule has 20 heavy (non-hydrogen) atoms. The molecule has 0 aromatic carbocycles. The molecule has 0 radical (unpaired) electrons. The summed E-state index contributed by atoms with van der Waals surface area (Å²) in [6.07, 6.45) is 4.58. The Morgan fingerprint density at radius 2 is 2.10 bits per heavy atom. The average Bonchev–Trinajstić information content (AvgIpc) is 2.81. The summed E-state index contributed by atoms with van der Waals surface area (Å²) < 4.78 is 28.2. The zero-order chi connectivity index (χ0) is 14.6. The van der Waals surface area contributed by atoms with Gasteiger partial charge in [0.15, 0.2) is 5.03 Å². The molecule has 0 saturated heterocycles. The van der Waals surface area contributed by atoms with E-state index in [1.165, 1.54) is 16.9 Å². The summed E-state index contributed by atoms with van der Waals surface area (Å²) in [6.45, 7) is 3.52. The third-order valence-electron chi connectivity index (χ3n) is 2.61. The van der Waals surface area contributed by atoms with E-state index in [0.29, 0.717) is 12.2 Å². The number of hydrogen-bond acceptors (Lipinski definition) is 5. The smallest absolute Gasteiger partial charge is 0.279 e. The highest BCUT2D eigenvalue weighted by atomic mass is 32.2. The highest BCUT2D eigenvalue weighted by Gasteiger charge is 2.16. The highest BCUT2D eigenvalue weighted by Crippen LogP contribution is 2.13. The van der Waals surface area contributed by atoms with Crippen LogP contribution in [0.25, 0.3) is 0 Å². The number of sulfonamides is 1. The number of nitrogens with zero attached hydrogens (tertiary/aromatic N) is 3. The van der Waals surface area contributed by atoms with E-state index in [1.807, 2.05) is 6.92 Å². The number of aryl methyl sites for hydroxylation is 1. The molecule has 0 bridgehead atoms. The lowest BCUT2D eigenvalue weighted by Crippen LogP contribution is -2.15. The van der Waals surface area contributed by atoms with E-state index in [2.05, 4.69) is 20.1 Å². The molecule has 7 nitrogen and oxygen atoms in total. The Labute approximate surface area is 118 Å². The van der Waals surface area contributed by atoms with Crippen molar-refractivity contribution in [3.05, 3.63) is 36.3 Å². The van der Waals surface area contributed by atoms with Gasteiger partial charge in [0.1, 0.15) is 0 Å². The lowest BCUT2D eigenvalue weighted by Gasteiger charge is -2.06. The molecule has 0 saturated carbocycles. The molecular weight excluding hydrogens is 278 g/mol. The first-order valence-electron chi connectivity index (χ1n) is 6.18. The molecule has 0 aliphatic carbocycles. The van der Waals surface area contributed by atoms with Gasteiger partial charge in [-0.05, 0) is 18.2 Å². The molecule has 0 fully saturated rings. The maximum Gasteiger partial charge on any atom is 0.279 e. The van der Waals surface area contributed by atoms with Crippen LogP contribution in [0.4, 0.5) is 5.69 Å². The molecule has 2 rings (SSSR count). The normalized spacial score (nSPS) is 11.5. The first kappa shape index (κ1) is 14.5. The standard InChI is InChI=1S/C12H17N5O2S/c1-3-13-6-10-4-5-12(14-7-10)20(18,19)16-11-8-15-17(2)9-11/h4-5,7-9,13,16H,3,6H2,1-2H3. The van der Waals surface area contributed by atoms with Crippen LogP contribution >= 0.6 is 0 Å². The van der Waals surface area contributed by atoms with E-state index in [1.54, 1.807) is 25.5 Å². The molecule has 0 aliphatic rings. The Balaban J connectivity index is 2.13. The molecule has 2 aromatic heterocycles. The Bertz CT molecular complexity index is 663. The van der Waals surface area contributed by atoms with Crippen molar-refractivity contribution in [1.29, 1.82) is 0 Å². The molecular formula is C12H17N5O2S. The van der Waals surface area contributed by atoms with Crippen LogP contribution in [0.15, 0.2) is 35.7 Å². The molecule has 0 aliphatic heterocycles. The van der Waals surface area contributed by atoms with Gasteiger partial charge in [-0.15, -0.1) is 0 Å². The van der Waals surface area contributed by atoms with Crippen molar-refractivity contribution in [2.24, 2.45) is 7.05 Å². The number of nitrogens with one attached hydrogen (secondary N) is 2. The summed E-state index contributed by atoms with van der Waals surface area (Å²) >= 11 is 0. The third-order valence-corrected chi connectivity index (χ3v) is 3.91. The second kappa shape index (κ2) is 6.02. The molecule has 0 spiro atoms. The van der Waals surface area contributed by atoms with Gasteiger partial charge in [0.05, 0.1) is 11.9 Å². The highest BCUT2D eigenvalue weighted by molar-refractivity contribution is 7.92. The van der Waals surface area contributed by atoms with Gasteiger partial charge in [-0.3, -0.25) is 9.40 Å². The van der Waals surface area contributed by atoms with Crippen molar-refractivity contribution in [2.45, 2.75) is 18.5 Å². The van der Waals surface area contributed by atoms with Crippen molar-refractivity contribution in [1.82, 2.24) is 20.1 Å². The lowest BCUT2D eigenvalue weighted by atomic mass is 10.3. The van der Waals surface area contributed by atoms with Crippen LogP contribution in [-0.2, 0) is 23.6 Å².